The van der Waals surface area contributed by atoms with Gasteiger partial charge >= 0.3 is 6.18 Å². The van der Waals surface area contributed by atoms with E-state index >= 15 is 0 Å². The summed E-state index contributed by atoms with van der Waals surface area (Å²) in [5.74, 6) is 1.27. The van der Waals surface area contributed by atoms with E-state index in [2.05, 4.69) is 29.5 Å². The van der Waals surface area contributed by atoms with Gasteiger partial charge in [-0.25, -0.2) is 0 Å². The number of halogens is 3. The summed E-state index contributed by atoms with van der Waals surface area (Å²) in [4.78, 5) is 4.06. The first-order chi connectivity index (χ1) is 10.3. The maximum atomic E-state index is 12.2. The first-order valence-electron chi connectivity index (χ1n) is 7.04. The molecule has 0 heterocycles. The second kappa shape index (κ2) is 8.51. The molecule has 1 aromatic carbocycles. The van der Waals surface area contributed by atoms with E-state index in [1.165, 1.54) is 6.07 Å². The summed E-state index contributed by atoms with van der Waals surface area (Å²) >= 11 is 0. The topological polar surface area (TPSA) is 45.7 Å². The van der Waals surface area contributed by atoms with Crippen molar-refractivity contribution >= 4 is 5.96 Å². The van der Waals surface area contributed by atoms with Crippen LogP contribution in [0, 0.1) is 5.92 Å². The standard InChI is InChI=1S/C15H22F3N3O/c1-11(2)8-20-14(19-3)21-9-12-6-4-5-7-13(12)22-10-15(16,17)18/h4-7,11H,8-10H2,1-3H3,(H2,19,20,21). The second-order valence-electron chi connectivity index (χ2n) is 5.21. The van der Waals surface area contributed by atoms with Crippen LogP contribution in [0.25, 0.3) is 0 Å². The fraction of sp³-hybridized carbons (Fsp3) is 0.533. The second-order valence-corrected chi connectivity index (χ2v) is 5.21. The fourth-order valence-corrected chi connectivity index (χ4v) is 1.65. The summed E-state index contributed by atoms with van der Waals surface area (Å²) in [5, 5.41) is 6.19. The number of rotatable bonds is 6. The van der Waals surface area contributed by atoms with Crippen molar-refractivity contribution in [3.8, 4) is 5.75 Å². The third-order valence-electron chi connectivity index (χ3n) is 2.71. The third kappa shape index (κ3) is 7.19. The van der Waals surface area contributed by atoms with Crippen LogP contribution in [-0.4, -0.2) is 32.3 Å². The van der Waals surface area contributed by atoms with Crippen LogP contribution in [-0.2, 0) is 6.54 Å². The van der Waals surface area contributed by atoms with Gasteiger partial charge in [0, 0.05) is 25.7 Å². The molecule has 1 aromatic rings. The number of nitrogens with zero attached hydrogens (tertiary/aromatic N) is 1. The maximum Gasteiger partial charge on any atom is 0.422 e. The van der Waals surface area contributed by atoms with Crippen LogP contribution in [0.5, 0.6) is 5.75 Å². The molecule has 0 aliphatic rings. The number of benzene rings is 1. The smallest absolute Gasteiger partial charge is 0.422 e. The summed E-state index contributed by atoms with van der Waals surface area (Å²) in [5.41, 5.74) is 0.638. The number of hydrogen-bond acceptors (Lipinski definition) is 2. The van der Waals surface area contributed by atoms with Gasteiger partial charge in [0.05, 0.1) is 0 Å². The Bertz CT molecular complexity index is 487. The monoisotopic (exact) mass is 317 g/mol. The Morgan fingerprint density at radius 1 is 1.23 bits per heavy atom. The zero-order chi connectivity index (χ0) is 16.6. The van der Waals surface area contributed by atoms with Crippen molar-refractivity contribution in [1.29, 1.82) is 0 Å². The van der Waals surface area contributed by atoms with E-state index in [1.807, 2.05) is 0 Å². The van der Waals surface area contributed by atoms with Crippen molar-refractivity contribution in [2.24, 2.45) is 10.9 Å². The molecule has 0 saturated heterocycles. The average molecular weight is 317 g/mol. The molecule has 0 aliphatic carbocycles. The molecule has 7 heteroatoms. The Hall–Kier alpha value is -1.92. The van der Waals surface area contributed by atoms with Crippen molar-refractivity contribution in [2.45, 2.75) is 26.6 Å². The molecule has 2 N–H and O–H groups in total. The van der Waals surface area contributed by atoms with Crippen molar-refractivity contribution in [1.82, 2.24) is 10.6 Å². The number of hydrogen-bond donors (Lipinski definition) is 2. The van der Waals surface area contributed by atoms with Crippen LogP contribution in [0.3, 0.4) is 0 Å². The van der Waals surface area contributed by atoms with Crippen LogP contribution in [0.1, 0.15) is 19.4 Å². The van der Waals surface area contributed by atoms with Crippen molar-refractivity contribution in [3.63, 3.8) is 0 Å². The zero-order valence-corrected chi connectivity index (χ0v) is 13.0. The van der Waals surface area contributed by atoms with Gasteiger partial charge in [-0.15, -0.1) is 0 Å². The van der Waals surface area contributed by atoms with Gasteiger partial charge in [-0.2, -0.15) is 13.2 Å². The van der Waals surface area contributed by atoms with E-state index < -0.39 is 12.8 Å². The summed E-state index contributed by atoms with van der Waals surface area (Å²) in [6, 6.07) is 6.63. The van der Waals surface area contributed by atoms with E-state index in [0.29, 0.717) is 24.0 Å². The fourth-order valence-electron chi connectivity index (χ4n) is 1.65. The quantitative estimate of drug-likeness (QED) is 0.626. The van der Waals surface area contributed by atoms with Crippen LogP contribution >= 0.6 is 0 Å². The highest BCUT2D eigenvalue weighted by atomic mass is 19.4. The molecule has 22 heavy (non-hydrogen) atoms. The summed E-state index contributed by atoms with van der Waals surface area (Å²) in [6.07, 6.45) is -4.35. The van der Waals surface area contributed by atoms with Gasteiger partial charge in [-0.1, -0.05) is 32.0 Å². The SMILES string of the molecule is CN=C(NCc1ccccc1OCC(F)(F)F)NCC(C)C. The number of para-hydroxylation sites is 1. The number of nitrogens with one attached hydrogen (secondary N) is 2. The van der Waals surface area contributed by atoms with Crippen LogP contribution in [0.4, 0.5) is 13.2 Å². The summed E-state index contributed by atoms with van der Waals surface area (Å²) < 4.78 is 41.6. The Morgan fingerprint density at radius 3 is 2.50 bits per heavy atom. The van der Waals surface area contributed by atoms with Crippen molar-refractivity contribution in [2.75, 3.05) is 20.2 Å². The largest absolute Gasteiger partial charge is 0.484 e. The molecule has 1 rings (SSSR count). The highest BCUT2D eigenvalue weighted by Gasteiger charge is 2.28. The number of alkyl halides is 3. The minimum Gasteiger partial charge on any atom is -0.484 e. The Labute approximate surface area is 128 Å². The van der Waals surface area contributed by atoms with Gasteiger partial charge in [-0.3, -0.25) is 4.99 Å². The van der Waals surface area contributed by atoms with E-state index in [0.717, 1.165) is 6.54 Å². The molecule has 0 bridgehead atoms. The Morgan fingerprint density at radius 2 is 1.91 bits per heavy atom. The van der Waals surface area contributed by atoms with E-state index in [9.17, 15) is 13.2 Å². The van der Waals surface area contributed by atoms with Crippen LogP contribution in [0.15, 0.2) is 29.3 Å². The lowest BCUT2D eigenvalue weighted by Gasteiger charge is -2.16. The minimum absolute atomic E-state index is 0.214. The van der Waals surface area contributed by atoms with Crippen molar-refractivity contribution in [3.05, 3.63) is 29.8 Å². The van der Waals surface area contributed by atoms with Crippen LogP contribution in [0.2, 0.25) is 0 Å². The lowest BCUT2D eigenvalue weighted by atomic mass is 10.2. The first kappa shape index (κ1) is 18.1. The molecule has 0 radical (unpaired) electrons. The van der Waals surface area contributed by atoms with Gasteiger partial charge < -0.3 is 15.4 Å². The molecular weight excluding hydrogens is 295 g/mol. The van der Waals surface area contributed by atoms with Crippen LogP contribution < -0.4 is 15.4 Å². The predicted molar refractivity (Wildman–Crippen MR) is 81.0 cm³/mol. The highest BCUT2D eigenvalue weighted by Crippen LogP contribution is 2.21. The molecule has 0 spiro atoms. The number of guanidine groups is 1. The minimum atomic E-state index is -4.35. The lowest BCUT2D eigenvalue weighted by Crippen LogP contribution is -2.38. The molecule has 0 aromatic heterocycles. The van der Waals surface area contributed by atoms with E-state index in [4.69, 9.17) is 4.74 Å². The first-order valence-corrected chi connectivity index (χ1v) is 7.04. The molecule has 0 amide bonds. The highest BCUT2D eigenvalue weighted by molar-refractivity contribution is 5.79. The van der Waals surface area contributed by atoms with Gasteiger partial charge in [0.1, 0.15) is 5.75 Å². The van der Waals surface area contributed by atoms with Gasteiger partial charge in [0.15, 0.2) is 12.6 Å². The number of aliphatic imine (C=N–C) groups is 1. The lowest BCUT2D eigenvalue weighted by molar-refractivity contribution is -0.153. The van der Waals surface area contributed by atoms with Gasteiger partial charge in [-0.05, 0) is 12.0 Å². The van der Waals surface area contributed by atoms with E-state index in [-0.39, 0.29) is 5.75 Å². The normalized spacial score (nSPS) is 12.4. The number of ether oxygens (including phenoxy) is 1. The Kier molecular flexibility index (Phi) is 7.01. The average Bonchev–Trinajstić information content (AvgIpc) is 2.45. The molecule has 0 atom stereocenters. The van der Waals surface area contributed by atoms with E-state index in [1.54, 1.807) is 25.2 Å². The summed E-state index contributed by atoms with van der Waals surface area (Å²) in [6.45, 7) is 3.92. The molecule has 0 saturated carbocycles. The Balaban J connectivity index is 2.61. The van der Waals surface area contributed by atoms with Gasteiger partial charge in [0.25, 0.3) is 0 Å². The predicted octanol–water partition coefficient (Wildman–Crippen LogP) is 2.95. The summed E-state index contributed by atoms with van der Waals surface area (Å²) in [7, 11) is 1.64. The third-order valence-corrected chi connectivity index (χ3v) is 2.71. The van der Waals surface area contributed by atoms with Gasteiger partial charge in [0.2, 0.25) is 0 Å². The zero-order valence-electron chi connectivity index (χ0n) is 13.0. The molecule has 0 unspecified atom stereocenters. The maximum absolute atomic E-state index is 12.2. The molecular formula is C15H22F3N3O. The van der Waals surface area contributed by atoms with Crippen molar-refractivity contribution < 1.29 is 17.9 Å². The molecule has 0 aliphatic heterocycles. The molecule has 0 fully saturated rings. The molecule has 124 valence electrons. The molecule has 4 nitrogen and oxygen atoms in total.